The summed E-state index contributed by atoms with van der Waals surface area (Å²) in [5.74, 6) is 0.961. The van der Waals surface area contributed by atoms with Crippen molar-refractivity contribution in [2.75, 3.05) is 19.4 Å². The Balaban J connectivity index is 2.57. The third-order valence-corrected chi connectivity index (χ3v) is 3.30. The van der Waals surface area contributed by atoms with E-state index in [9.17, 15) is 0 Å². The molecule has 0 spiro atoms. The Morgan fingerprint density at radius 1 is 1.29 bits per heavy atom. The molecule has 2 aromatic rings. The van der Waals surface area contributed by atoms with Crippen molar-refractivity contribution in [2.45, 2.75) is 13.3 Å². The SMILES string of the molecule is CN/C=C(\CC=N)c1nn(-c2ccccc2)c(NC)c1C. The largest absolute Gasteiger partial charge is 0.394 e. The lowest BCUT2D eigenvalue weighted by molar-refractivity contribution is 0.876. The highest BCUT2D eigenvalue weighted by molar-refractivity contribution is 5.79. The van der Waals surface area contributed by atoms with E-state index in [1.807, 2.05) is 62.2 Å². The highest BCUT2D eigenvalue weighted by Crippen LogP contribution is 2.28. The van der Waals surface area contributed by atoms with Crippen molar-refractivity contribution < 1.29 is 0 Å². The Labute approximate surface area is 125 Å². The lowest BCUT2D eigenvalue weighted by Crippen LogP contribution is -2.02. The number of hydrogen-bond donors (Lipinski definition) is 3. The summed E-state index contributed by atoms with van der Waals surface area (Å²) < 4.78 is 1.90. The van der Waals surface area contributed by atoms with Gasteiger partial charge in [-0.05, 0) is 25.3 Å². The number of anilines is 1. The predicted molar refractivity (Wildman–Crippen MR) is 88.3 cm³/mol. The minimum absolute atomic E-state index is 0.552. The molecule has 1 aromatic carbocycles. The van der Waals surface area contributed by atoms with E-state index in [2.05, 4.69) is 10.6 Å². The number of nitrogens with one attached hydrogen (secondary N) is 3. The summed E-state index contributed by atoms with van der Waals surface area (Å²) in [7, 11) is 3.75. The summed E-state index contributed by atoms with van der Waals surface area (Å²) in [6, 6.07) is 10.0. The van der Waals surface area contributed by atoms with Crippen LogP contribution >= 0.6 is 0 Å². The average Bonchev–Trinajstić information content (AvgIpc) is 2.84. The van der Waals surface area contributed by atoms with Crippen LogP contribution in [0.4, 0.5) is 5.82 Å². The molecule has 0 aliphatic heterocycles. The van der Waals surface area contributed by atoms with Crippen LogP contribution in [0.5, 0.6) is 0 Å². The fourth-order valence-corrected chi connectivity index (χ4v) is 2.36. The van der Waals surface area contributed by atoms with Gasteiger partial charge < -0.3 is 16.0 Å². The van der Waals surface area contributed by atoms with Crippen molar-refractivity contribution in [1.29, 1.82) is 5.41 Å². The number of para-hydroxylation sites is 1. The van der Waals surface area contributed by atoms with Crippen LogP contribution in [0, 0.1) is 12.3 Å². The zero-order chi connectivity index (χ0) is 15.2. The van der Waals surface area contributed by atoms with Crippen molar-refractivity contribution >= 4 is 17.6 Å². The standard InChI is InChI=1S/C16H21N5/c1-12-15(13(9-10-17)11-18-2)20-21(16(12)19-3)14-7-5-4-6-8-14/h4-8,10-11,17-19H,9H2,1-3H3/b13-11+,17-10?. The van der Waals surface area contributed by atoms with E-state index in [0.717, 1.165) is 28.3 Å². The number of benzene rings is 1. The van der Waals surface area contributed by atoms with Crippen LogP contribution in [-0.2, 0) is 0 Å². The molecular formula is C16H21N5. The summed E-state index contributed by atoms with van der Waals surface area (Å²) in [5, 5.41) is 18.3. The van der Waals surface area contributed by atoms with Gasteiger partial charge in [-0.15, -0.1) is 0 Å². The van der Waals surface area contributed by atoms with Crippen molar-refractivity contribution in [2.24, 2.45) is 0 Å². The van der Waals surface area contributed by atoms with Crippen LogP contribution in [0.2, 0.25) is 0 Å². The number of nitrogens with zero attached hydrogens (tertiary/aromatic N) is 2. The minimum atomic E-state index is 0.552. The van der Waals surface area contributed by atoms with Crippen LogP contribution in [0.15, 0.2) is 36.5 Å². The predicted octanol–water partition coefficient (Wildman–Crippen LogP) is 2.82. The van der Waals surface area contributed by atoms with Crippen molar-refractivity contribution in [3.8, 4) is 5.69 Å². The second kappa shape index (κ2) is 6.74. The summed E-state index contributed by atoms with van der Waals surface area (Å²) in [5.41, 5.74) is 3.98. The second-order valence-electron chi connectivity index (χ2n) is 4.69. The average molecular weight is 283 g/mol. The van der Waals surface area contributed by atoms with E-state index < -0.39 is 0 Å². The molecule has 110 valence electrons. The first kappa shape index (κ1) is 14.8. The summed E-state index contributed by atoms with van der Waals surface area (Å²) >= 11 is 0. The monoisotopic (exact) mass is 283 g/mol. The Morgan fingerprint density at radius 2 is 2.00 bits per heavy atom. The van der Waals surface area contributed by atoms with Crippen LogP contribution in [-0.4, -0.2) is 30.1 Å². The van der Waals surface area contributed by atoms with E-state index in [1.54, 1.807) is 0 Å². The van der Waals surface area contributed by atoms with E-state index >= 15 is 0 Å². The number of rotatable bonds is 6. The quantitative estimate of drug-likeness (QED) is 0.714. The van der Waals surface area contributed by atoms with Crippen LogP contribution in [0.1, 0.15) is 17.7 Å². The smallest absolute Gasteiger partial charge is 0.133 e. The van der Waals surface area contributed by atoms with Gasteiger partial charge in [0.05, 0.1) is 11.4 Å². The molecule has 0 saturated carbocycles. The van der Waals surface area contributed by atoms with Crippen LogP contribution in [0.3, 0.4) is 0 Å². The molecule has 0 saturated heterocycles. The molecular weight excluding hydrogens is 262 g/mol. The molecule has 2 rings (SSSR count). The van der Waals surface area contributed by atoms with Crippen LogP contribution in [0.25, 0.3) is 11.3 Å². The first-order chi connectivity index (χ1) is 10.2. The highest BCUT2D eigenvalue weighted by atomic mass is 15.3. The Kier molecular flexibility index (Phi) is 4.77. The molecule has 0 bridgehead atoms. The molecule has 0 atom stereocenters. The molecule has 1 heterocycles. The molecule has 1 aromatic heterocycles. The third-order valence-electron chi connectivity index (χ3n) is 3.30. The molecule has 5 heteroatoms. The summed E-state index contributed by atoms with van der Waals surface area (Å²) in [4.78, 5) is 0. The zero-order valence-corrected chi connectivity index (χ0v) is 12.6. The molecule has 5 nitrogen and oxygen atoms in total. The fourth-order valence-electron chi connectivity index (χ4n) is 2.36. The van der Waals surface area contributed by atoms with Crippen molar-refractivity contribution in [3.05, 3.63) is 47.8 Å². The Hall–Kier alpha value is -2.56. The fraction of sp³-hybridized carbons (Fsp3) is 0.250. The molecule has 0 fully saturated rings. The second-order valence-corrected chi connectivity index (χ2v) is 4.69. The summed E-state index contributed by atoms with van der Waals surface area (Å²) in [6.07, 6.45) is 3.84. The molecule has 0 aliphatic carbocycles. The first-order valence-corrected chi connectivity index (χ1v) is 6.91. The van der Waals surface area contributed by atoms with Gasteiger partial charge in [0.15, 0.2) is 0 Å². The molecule has 0 amide bonds. The van der Waals surface area contributed by atoms with Crippen molar-refractivity contribution in [3.63, 3.8) is 0 Å². The third kappa shape index (κ3) is 2.97. The van der Waals surface area contributed by atoms with Gasteiger partial charge in [-0.25, -0.2) is 4.68 Å². The number of allylic oxidation sites excluding steroid dienone is 1. The Bertz CT molecular complexity index is 640. The maximum atomic E-state index is 7.36. The highest BCUT2D eigenvalue weighted by Gasteiger charge is 2.17. The van der Waals surface area contributed by atoms with Gasteiger partial charge in [-0.2, -0.15) is 5.10 Å². The van der Waals surface area contributed by atoms with E-state index in [0.29, 0.717) is 6.42 Å². The normalized spacial score (nSPS) is 11.3. The molecule has 0 aliphatic rings. The van der Waals surface area contributed by atoms with E-state index in [1.165, 1.54) is 6.21 Å². The lowest BCUT2D eigenvalue weighted by atomic mass is 10.1. The van der Waals surface area contributed by atoms with E-state index in [-0.39, 0.29) is 0 Å². The topological polar surface area (TPSA) is 65.7 Å². The molecule has 0 radical (unpaired) electrons. The van der Waals surface area contributed by atoms with Gasteiger partial charge in [0.2, 0.25) is 0 Å². The van der Waals surface area contributed by atoms with Crippen molar-refractivity contribution in [1.82, 2.24) is 15.1 Å². The number of hydrogen-bond acceptors (Lipinski definition) is 4. The maximum Gasteiger partial charge on any atom is 0.133 e. The maximum absolute atomic E-state index is 7.36. The molecule has 0 unspecified atom stereocenters. The Morgan fingerprint density at radius 3 is 2.57 bits per heavy atom. The van der Waals surface area contributed by atoms with Crippen LogP contribution < -0.4 is 10.6 Å². The van der Waals surface area contributed by atoms with Gasteiger partial charge in [0, 0.05) is 37.9 Å². The first-order valence-electron chi connectivity index (χ1n) is 6.91. The van der Waals surface area contributed by atoms with Gasteiger partial charge in [-0.3, -0.25) is 0 Å². The van der Waals surface area contributed by atoms with Gasteiger partial charge in [0.25, 0.3) is 0 Å². The van der Waals surface area contributed by atoms with Gasteiger partial charge in [-0.1, -0.05) is 18.2 Å². The van der Waals surface area contributed by atoms with E-state index in [4.69, 9.17) is 10.5 Å². The minimum Gasteiger partial charge on any atom is -0.394 e. The zero-order valence-electron chi connectivity index (χ0n) is 12.6. The van der Waals surface area contributed by atoms with Gasteiger partial charge >= 0.3 is 0 Å². The number of aromatic nitrogens is 2. The molecule has 3 N–H and O–H groups in total. The molecule has 21 heavy (non-hydrogen) atoms. The summed E-state index contributed by atoms with van der Waals surface area (Å²) in [6.45, 7) is 2.04. The lowest BCUT2D eigenvalue weighted by Gasteiger charge is -2.06. The van der Waals surface area contributed by atoms with Gasteiger partial charge in [0.1, 0.15) is 5.82 Å².